The summed E-state index contributed by atoms with van der Waals surface area (Å²) in [5.41, 5.74) is 2.53. The van der Waals surface area contributed by atoms with E-state index in [1.165, 1.54) is 30.4 Å². The Morgan fingerprint density at radius 3 is 2.95 bits per heavy atom. The molecule has 0 aliphatic carbocycles. The lowest BCUT2D eigenvalue weighted by Gasteiger charge is -2.25. The average Bonchev–Trinajstić information content (AvgIpc) is 2.55. The fourth-order valence-corrected chi connectivity index (χ4v) is 3.04. The van der Waals surface area contributed by atoms with Crippen molar-refractivity contribution in [2.45, 2.75) is 44.8 Å². The fourth-order valence-electron chi connectivity index (χ4n) is 3.04. The minimum Gasteiger partial charge on any atom is -0.496 e. The lowest BCUT2D eigenvalue weighted by Crippen LogP contribution is -2.26. The van der Waals surface area contributed by atoms with E-state index in [0.717, 1.165) is 38.3 Å². The van der Waals surface area contributed by atoms with E-state index in [1.54, 1.807) is 7.11 Å². The van der Waals surface area contributed by atoms with E-state index in [2.05, 4.69) is 36.7 Å². The second-order valence-corrected chi connectivity index (χ2v) is 6.15. The van der Waals surface area contributed by atoms with Crippen LogP contribution in [-0.2, 0) is 17.7 Å². The summed E-state index contributed by atoms with van der Waals surface area (Å²) in [4.78, 5) is 2.37. The Kier molecular flexibility index (Phi) is 6.94. The van der Waals surface area contributed by atoms with Crippen molar-refractivity contribution in [1.29, 1.82) is 0 Å². The third kappa shape index (κ3) is 5.15. The second-order valence-electron chi connectivity index (χ2n) is 6.15. The molecule has 1 atom stereocenters. The van der Waals surface area contributed by atoms with Gasteiger partial charge in [-0.1, -0.05) is 18.2 Å². The molecule has 0 saturated carbocycles. The summed E-state index contributed by atoms with van der Waals surface area (Å²) in [6.45, 7) is 6.80. The maximum atomic E-state index is 5.81. The van der Waals surface area contributed by atoms with Crippen LogP contribution >= 0.6 is 0 Å². The Balaban J connectivity index is 1.86. The molecule has 0 bridgehead atoms. The lowest BCUT2D eigenvalue weighted by atomic mass is 10.0. The smallest absolute Gasteiger partial charge is 0.122 e. The molecule has 3 heteroatoms. The molecule has 0 amide bonds. The van der Waals surface area contributed by atoms with Gasteiger partial charge in [-0.3, -0.25) is 0 Å². The van der Waals surface area contributed by atoms with E-state index >= 15 is 0 Å². The van der Waals surface area contributed by atoms with Crippen LogP contribution in [0.3, 0.4) is 0 Å². The molecule has 0 radical (unpaired) electrons. The predicted molar refractivity (Wildman–Crippen MR) is 91.4 cm³/mol. The number of methoxy groups -OCH3 is 1. The summed E-state index contributed by atoms with van der Waals surface area (Å²) in [6.07, 6.45) is 8.12. The maximum Gasteiger partial charge on any atom is 0.122 e. The van der Waals surface area contributed by atoms with Gasteiger partial charge in [-0.25, -0.2) is 0 Å². The van der Waals surface area contributed by atoms with Crippen LogP contribution in [0, 0.1) is 0 Å². The van der Waals surface area contributed by atoms with Gasteiger partial charge in [0.1, 0.15) is 5.75 Å². The van der Waals surface area contributed by atoms with E-state index in [9.17, 15) is 0 Å². The minimum absolute atomic E-state index is 0.461. The first-order valence-electron chi connectivity index (χ1n) is 8.29. The van der Waals surface area contributed by atoms with Crippen LogP contribution in [0.4, 0.5) is 0 Å². The molecule has 0 aromatic heterocycles. The van der Waals surface area contributed by atoms with Crippen LogP contribution in [0.1, 0.15) is 36.8 Å². The number of ether oxygens (including phenoxy) is 2. The zero-order valence-electron chi connectivity index (χ0n) is 14.0. The van der Waals surface area contributed by atoms with Crippen LogP contribution < -0.4 is 4.74 Å². The Hall–Kier alpha value is -1.32. The van der Waals surface area contributed by atoms with E-state index < -0.39 is 0 Å². The van der Waals surface area contributed by atoms with Crippen molar-refractivity contribution in [3.8, 4) is 5.75 Å². The molecule has 3 nitrogen and oxygen atoms in total. The van der Waals surface area contributed by atoms with Crippen LogP contribution in [-0.4, -0.2) is 38.3 Å². The van der Waals surface area contributed by atoms with Gasteiger partial charge in [-0.05, 0) is 56.3 Å². The third-order valence-electron chi connectivity index (χ3n) is 4.27. The largest absolute Gasteiger partial charge is 0.496 e. The van der Waals surface area contributed by atoms with E-state index in [0.29, 0.717) is 6.10 Å². The molecule has 122 valence electrons. The van der Waals surface area contributed by atoms with Gasteiger partial charge < -0.3 is 14.4 Å². The Morgan fingerprint density at radius 2 is 2.27 bits per heavy atom. The quantitative estimate of drug-likeness (QED) is 0.682. The first-order valence-corrected chi connectivity index (χ1v) is 8.29. The van der Waals surface area contributed by atoms with Crippen molar-refractivity contribution in [3.05, 3.63) is 42.0 Å². The summed E-state index contributed by atoms with van der Waals surface area (Å²) >= 11 is 0. The molecular weight excluding hydrogens is 274 g/mol. The summed E-state index contributed by atoms with van der Waals surface area (Å²) in [5, 5.41) is 0. The van der Waals surface area contributed by atoms with Gasteiger partial charge in [-0.2, -0.15) is 0 Å². The van der Waals surface area contributed by atoms with Gasteiger partial charge in [-0.15, -0.1) is 6.58 Å². The van der Waals surface area contributed by atoms with Gasteiger partial charge in [0.05, 0.1) is 13.2 Å². The molecular formula is C19H29NO2. The molecule has 1 aliphatic heterocycles. The molecule has 1 aromatic carbocycles. The standard InChI is InChI=1S/C19H29NO2/c1-4-7-17-14-16(9-10-19(17)21-3)15-20(2)12-11-18-8-5-6-13-22-18/h4,9-10,14,18H,1,5-8,11-13,15H2,2-3H3. The molecule has 2 rings (SSSR count). The van der Waals surface area contributed by atoms with E-state index in [-0.39, 0.29) is 0 Å². The molecule has 1 heterocycles. The van der Waals surface area contributed by atoms with Gasteiger partial charge >= 0.3 is 0 Å². The van der Waals surface area contributed by atoms with Crippen molar-refractivity contribution in [2.75, 3.05) is 27.3 Å². The van der Waals surface area contributed by atoms with Crippen molar-refractivity contribution in [1.82, 2.24) is 4.90 Å². The number of benzene rings is 1. The second kappa shape index (κ2) is 8.96. The number of hydrogen-bond donors (Lipinski definition) is 0. The van der Waals surface area contributed by atoms with Crippen molar-refractivity contribution < 1.29 is 9.47 Å². The summed E-state index contributed by atoms with van der Waals surface area (Å²) < 4.78 is 11.2. The average molecular weight is 303 g/mol. The molecule has 1 fully saturated rings. The molecule has 1 aliphatic rings. The highest BCUT2D eigenvalue weighted by Gasteiger charge is 2.14. The van der Waals surface area contributed by atoms with Crippen LogP contribution in [0.2, 0.25) is 0 Å². The van der Waals surface area contributed by atoms with Crippen molar-refractivity contribution in [3.63, 3.8) is 0 Å². The topological polar surface area (TPSA) is 21.7 Å². The zero-order chi connectivity index (χ0) is 15.8. The summed E-state index contributed by atoms with van der Waals surface area (Å²) in [6, 6.07) is 6.44. The van der Waals surface area contributed by atoms with Crippen molar-refractivity contribution >= 4 is 0 Å². The number of nitrogens with zero attached hydrogens (tertiary/aromatic N) is 1. The number of rotatable bonds is 8. The zero-order valence-corrected chi connectivity index (χ0v) is 14.0. The fraction of sp³-hybridized carbons (Fsp3) is 0.579. The third-order valence-corrected chi connectivity index (χ3v) is 4.27. The number of hydrogen-bond acceptors (Lipinski definition) is 3. The lowest BCUT2D eigenvalue weighted by molar-refractivity contribution is 0.00641. The first-order chi connectivity index (χ1) is 10.7. The highest BCUT2D eigenvalue weighted by molar-refractivity contribution is 5.38. The molecule has 0 N–H and O–H groups in total. The number of allylic oxidation sites excluding steroid dienone is 1. The summed E-state index contributed by atoms with van der Waals surface area (Å²) in [7, 11) is 3.90. The van der Waals surface area contributed by atoms with Gasteiger partial charge in [0.15, 0.2) is 0 Å². The molecule has 0 spiro atoms. The minimum atomic E-state index is 0.461. The molecule has 1 unspecified atom stereocenters. The predicted octanol–water partition coefficient (Wildman–Crippen LogP) is 3.81. The van der Waals surface area contributed by atoms with E-state index in [4.69, 9.17) is 9.47 Å². The Bertz CT molecular complexity index is 467. The normalized spacial score (nSPS) is 18.4. The highest BCUT2D eigenvalue weighted by Crippen LogP contribution is 2.22. The molecule has 22 heavy (non-hydrogen) atoms. The van der Waals surface area contributed by atoms with Gasteiger partial charge in [0, 0.05) is 19.7 Å². The van der Waals surface area contributed by atoms with Gasteiger partial charge in [0.2, 0.25) is 0 Å². The Labute approximate surface area is 134 Å². The SMILES string of the molecule is C=CCc1cc(CN(C)CCC2CCCCO2)ccc1OC. The first kappa shape index (κ1) is 17.0. The molecule has 1 saturated heterocycles. The summed E-state index contributed by atoms with van der Waals surface area (Å²) in [5.74, 6) is 0.946. The van der Waals surface area contributed by atoms with Crippen molar-refractivity contribution in [2.24, 2.45) is 0 Å². The van der Waals surface area contributed by atoms with Crippen LogP contribution in [0.5, 0.6) is 5.75 Å². The Morgan fingerprint density at radius 1 is 1.41 bits per heavy atom. The monoisotopic (exact) mass is 303 g/mol. The van der Waals surface area contributed by atoms with Crippen LogP contribution in [0.25, 0.3) is 0 Å². The van der Waals surface area contributed by atoms with E-state index in [1.807, 2.05) is 6.08 Å². The maximum absolute atomic E-state index is 5.81. The van der Waals surface area contributed by atoms with Crippen LogP contribution in [0.15, 0.2) is 30.9 Å². The van der Waals surface area contributed by atoms with Gasteiger partial charge in [0.25, 0.3) is 0 Å². The highest BCUT2D eigenvalue weighted by atomic mass is 16.5. The molecule has 1 aromatic rings.